The Labute approximate surface area is 114 Å². The van der Waals surface area contributed by atoms with Crippen molar-refractivity contribution in [1.29, 1.82) is 0 Å². The van der Waals surface area contributed by atoms with Gasteiger partial charge in [0.1, 0.15) is 10.8 Å². The van der Waals surface area contributed by atoms with Crippen LogP contribution < -0.4 is 0 Å². The fraction of sp³-hybridized carbons (Fsp3) is 0.500. The van der Waals surface area contributed by atoms with E-state index in [1.165, 1.54) is 28.8 Å². The lowest BCUT2D eigenvalue weighted by Crippen LogP contribution is -2.35. The second kappa shape index (κ2) is 3.68. The zero-order valence-corrected chi connectivity index (χ0v) is 11.6. The third-order valence-electron chi connectivity index (χ3n) is 3.73. The third kappa shape index (κ3) is 1.25. The number of thiophene rings is 1. The molecule has 0 N–H and O–H groups in total. The van der Waals surface area contributed by atoms with E-state index in [1.807, 2.05) is 16.2 Å². The van der Waals surface area contributed by atoms with Crippen LogP contribution in [-0.2, 0) is 12.8 Å². The quantitative estimate of drug-likeness (QED) is 0.733. The molecule has 4 nitrogen and oxygen atoms in total. The van der Waals surface area contributed by atoms with Crippen molar-refractivity contribution in [3.63, 3.8) is 0 Å². The first-order valence-corrected chi connectivity index (χ1v) is 7.48. The average molecular weight is 276 g/mol. The lowest BCUT2D eigenvalue weighted by Gasteiger charge is -2.28. The largest absolute Gasteiger partial charge is 0.274 e. The fourth-order valence-electron chi connectivity index (χ4n) is 2.93. The van der Waals surface area contributed by atoms with Crippen LogP contribution in [0.4, 0.5) is 5.00 Å². The van der Waals surface area contributed by atoms with E-state index in [0.717, 1.165) is 23.7 Å². The van der Waals surface area contributed by atoms with E-state index in [1.54, 1.807) is 0 Å². The molecular weight excluding hydrogens is 264 g/mol. The molecule has 18 heavy (non-hydrogen) atoms. The number of hydrogen-bond acceptors (Lipinski definition) is 4. The Hall–Kier alpha value is -1.14. The number of nitrogens with zero attached hydrogens (tertiary/aromatic N) is 4. The lowest BCUT2D eigenvalue weighted by molar-refractivity contribution is 0.476. The Morgan fingerprint density at radius 1 is 1.44 bits per heavy atom. The molecule has 1 aliphatic carbocycles. The van der Waals surface area contributed by atoms with Crippen LogP contribution in [0.25, 0.3) is 0 Å². The molecule has 3 heterocycles. The molecule has 6 heteroatoms. The predicted molar refractivity (Wildman–Crippen MR) is 75.8 cm³/mol. The van der Waals surface area contributed by atoms with E-state index < -0.39 is 0 Å². The van der Waals surface area contributed by atoms with Gasteiger partial charge in [-0.1, -0.05) is 6.92 Å². The summed E-state index contributed by atoms with van der Waals surface area (Å²) >= 11 is 7.11. The van der Waals surface area contributed by atoms with Crippen molar-refractivity contribution < 1.29 is 0 Å². The lowest BCUT2D eigenvalue weighted by atomic mass is 10.1. The van der Waals surface area contributed by atoms with Crippen molar-refractivity contribution >= 4 is 39.5 Å². The number of aliphatic imine (C=N–C) groups is 1. The highest BCUT2D eigenvalue weighted by Crippen LogP contribution is 2.49. The van der Waals surface area contributed by atoms with E-state index in [4.69, 9.17) is 17.2 Å². The third-order valence-corrected chi connectivity index (χ3v) is 5.21. The van der Waals surface area contributed by atoms with Crippen molar-refractivity contribution in [3.8, 4) is 0 Å². The van der Waals surface area contributed by atoms with E-state index in [9.17, 15) is 0 Å². The van der Waals surface area contributed by atoms with Gasteiger partial charge >= 0.3 is 0 Å². The topological polar surface area (TPSA) is 40.3 Å². The van der Waals surface area contributed by atoms with Crippen molar-refractivity contribution in [2.24, 2.45) is 15.2 Å². The fourth-order valence-corrected chi connectivity index (χ4v) is 4.49. The molecule has 3 aliphatic rings. The van der Waals surface area contributed by atoms with Gasteiger partial charge in [-0.3, -0.25) is 4.90 Å². The number of amidine groups is 1. The maximum Gasteiger partial charge on any atom is 0.223 e. The summed E-state index contributed by atoms with van der Waals surface area (Å²) in [6.07, 6.45) is 4.44. The smallest absolute Gasteiger partial charge is 0.223 e. The van der Waals surface area contributed by atoms with Crippen molar-refractivity contribution in [2.75, 3.05) is 0 Å². The molecule has 0 spiro atoms. The Bertz CT molecular complexity index is 614. The van der Waals surface area contributed by atoms with Gasteiger partial charge < -0.3 is 0 Å². The molecule has 0 radical (unpaired) electrons. The summed E-state index contributed by atoms with van der Waals surface area (Å²) in [5.74, 6) is 1.00. The van der Waals surface area contributed by atoms with Crippen LogP contribution in [0.2, 0.25) is 0 Å². The predicted octanol–water partition coefficient (Wildman–Crippen LogP) is 3.74. The molecule has 1 aromatic rings. The number of rotatable bonds is 1. The molecular formula is C12H12N4S2. The first-order valence-electron chi connectivity index (χ1n) is 6.25. The Kier molecular flexibility index (Phi) is 2.20. The second-order valence-corrected chi connectivity index (χ2v) is 6.15. The minimum absolute atomic E-state index is 0.0296. The molecule has 0 fully saturated rings. The van der Waals surface area contributed by atoms with Gasteiger partial charge in [0.05, 0.1) is 0 Å². The molecule has 1 aromatic heterocycles. The Morgan fingerprint density at radius 3 is 3.17 bits per heavy atom. The molecule has 0 bridgehead atoms. The highest BCUT2D eigenvalue weighted by molar-refractivity contribution is 7.80. The number of thiocarbonyl (C=S) groups is 1. The number of fused-ring (bicyclic) bond motifs is 5. The normalized spacial score (nSPS) is 24.1. The van der Waals surface area contributed by atoms with Crippen LogP contribution in [0.15, 0.2) is 15.2 Å². The zero-order valence-electron chi connectivity index (χ0n) is 10.0. The summed E-state index contributed by atoms with van der Waals surface area (Å²) in [4.78, 5) is 8.29. The average Bonchev–Trinajstić information content (AvgIpc) is 3.02. The molecule has 0 saturated heterocycles. The van der Waals surface area contributed by atoms with E-state index in [0.29, 0.717) is 5.11 Å². The van der Waals surface area contributed by atoms with Crippen LogP contribution in [0.3, 0.4) is 0 Å². The maximum atomic E-state index is 5.28. The van der Waals surface area contributed by atoms with Gasteiger partial charge in [-0.05, 0) is 37.0 Å². The van der Waals surface area contributed by atoms with Crippen molar-refractivity contribution in [3.05, 3.63) is 16.0 Å². The molecule has 1 atom stereocenters. The summed E-state index contributed by atoms with van der Waals surface area (Å²) in [6, 6.07) is 0. The van der Waals surface area contributed by atoms with E-state index in [2.05, 4.69) is 17.2 Å². The molecule has 0 saturated carbocycles. The van der Waals surface area contributed by atoms with Crippen LogP contribution >= 0.6 is 23.6 Å². The Morgan fingerprint density at radius 2 is 2.33 bits per heavy atom. The van der Waals surface area contributed by atoms with Crippen LogP contribution in [0, 0.1) is 0 Å². The second-order valence-electron chi connectivity index (χ2n) is 4.70. The summed E-state index contributed by atoms with van der Waals surface area (Å²) in [6.45, 7) is 2.10. The van der Waals surface area contributed by atoms with Gasteiger partial charge in [0.25, 0.3) is 0 Å². The first-order chi connectivity index (χ1) is 8.79. The Balaban J connectivity index is 1.94. The maximum absolute atomic E-state index is 5.28. The highest BCUT2D eigenvalue weighted by atomic mass is 32.1. The number of hydrogen-bond donors (Lipinski definition) is 0. The molecule has 0 aromatic carbocycles. The molecule has 92 valence electrons. The van der Waals surface area contributed by atoms with Crippen molar-refractivity contribution in [2.45, 2.75) is 38.8 Å². The molecule has 2 aliphatic heterocycles. The molecule has 1 unspecified atom stereocenters. The number of azo groups is 1. The zero-order chi connectivity index (χ0) is 12.3. The van der Waals surface area contributed by atoms with Gasteiger partial charge in [-0.2, -0.15) is 5.11 Å². The monoisotopic (exact) mass is 276 g/mol. The van der Waals surface area contributed by atoms with Gasteiger partial charge in [0.2, 0.25) is 5.11 Å². The highest BCUT2D eigenvalue weighted by Gasteiger charge is 2.40. The van der Waals surface area contributed by atoms with E-state index >= 15 is 0 Å². The summed E-state index contributed by atoms with van der Waals surface area (Å²) in [7, 11) is 0. The number of aryl methyl sites for hydroxylation is 1. The minimum Gasteiger partial charge on any atom is -0.274 e. The summed E-state index contributed by atoms with van der Waals surface area (Å²) in [5, 5.41) is 10.2. The molecule has 0 amide bonds. The van der Waals surface area contributed by atoms with Gasteiger partial charge in [0, 0.05) is 16.9 Å². The van der Waals surface area contributed by atoms with Gasteiger partial charge in [-0.15, -0.1) is 16.5 Å². The van der Waals surface area contributed by atoms with Gasteiger partial charge in [0.15, 0.2) is 6.17 Å². The van der Waals surface area contributed by atoms with Crippen LogP contribution in [0.5, 0.6) is 0 Å². The van der Waals surface area contributed by atoms with Gasteiger partial charge in [-0.25, -0.2) is 4.99 Å². The van der Waals surface area contributed by atoms with Crippen LogP contribution in [0.1, 0.15) is 41.9 Å². The molecule has 4 rings (SSSR count). The SMILES string of the molecule is CCC1=Nc2sc3c(c2C2N=NC(=S)N12)CCC3. The standard InChI is InChI=1S/C12H12N4S2/c1-2-8-13-11-9(6-4-3-5-7(6)18-11)10-14-15-12(17)16(8)10/h10H,2-5H2,1H3. The van der Waals surface area contributed by atoms with Crippen molar-refractivity contribution in [1.82, 2.24) is 4.90 Å². The van der Waals surface area contributed by atoms with E-state index in [-0.39, 0.29) is 6.17 Å². The summed E-state index contributed by atoms with van der Waals surface area (Å²) in [5.41, 5.74) is 2.74. The van der Waals surface area contributed by atoms with Crippen LogP contribution in [-0.4, -0.2) is 15.8 Å². The first kappa shape index (κ1) is 10.8. The minimum atomic E-state index is -0.0296. The summed E-state index contributed by atoms with van der Waals surface area (Å²) < 4.78 is 0.